The number of ether oxygens (including phenoxy) is 1. The number of carbonyl (C=O) groups is 2. The minimum atomic E-state index is -4.76. The first-order chi connectivity index (χ1) is 23.9. The highest BCUT2D eigenvalue weighted by molar-refractivity contribution is 5.92. The maximum Gasteiger partial charge on any atom is 0.416 e. The Morgan fingerprint density at radius 2 is 1.90 bits per heavy atom. The molecule has 1 fully saturated rings. The molecule has 2 amide bonds. The van der Waals surface area contributed by atoms with Crippen molar-refractivity contribution in [2.75, 3.05) is 49.6 Å². The second-order valence-corrected chi connectivity index (χ2v) is 11.6. The van der Waals surface area contributed by atoms with Gasteiger partial charge in [0.1, 0.15) is 18.0 Å². The van der Waals surface area contributed by atoms with Gasteiger partial charge in [0.05, 0.1) is 30.2 Å². The molecule has 0 radical (unpaired) electrons. The second-order valence-electron chi connectivity index (χ2n) is 11.6. The van der Waals surface area contributed by atoms with Crippen molar-refractivity contribution in [3.8, 4) is 0 Å². The standard InChI is InChI=1S/C33H32F4N8O5/c1-2-25-29(43-13-11-42(12-14-43)28(48)6-3-21-18-38-10-7-26(21)46)31(49)45-32(40-30(41-45)20-8-15-50-16-9-20)44(25)19-27(47)39-24-5-4-22(17-23(24)34)33(35,36)37/h3-8,10,17-18H,2,9,11-16,19H2,1H3,(H,38,46)(H,39,47)/b6-3+. The number of nitrogens with one attached hydrogen (secondary N) is 2. The van der Waals surface area contributed by atoms with Gasteiger partial charge >= 0.3 is 6.18 Å². The van der Waals surface area contributed by atoms with Crippen molar-refractivity contribution in [3.63, 3.8) is 0 Å². The average Bonchev–Trinajstić information content (AvgIpc) is 3.56. The van der Waals surface area contributed by atoms with Gasteiger partial charge in [-0.3, -0.25) is 19.2 Å². The fraction of sp³-hybridized carbons (Fsp3) is 0.333. The van der Waals surface area contributed by atoms with Gasteiger partial charge in [-0.25, -0.2) is 4.39 Å². The van der Waals surface area contributed by atoms with E-state index in [2.05, 4.69) is 20.4 Å². The maximum absolute atomic E-state index is 14.6. The molecule has 6 rings (SSSR count). The molecule has 1 saturated heterocycles. The fourth-order valence-corrected chi connectivity index (χ4v) is 5.90. The number of aromatic nitrogens is 5. The molecule has 1 aromatic carbocycles. The molecule has 13 nitrogen and oxygen atoms in total. The van der Waals surface area contributed by atoms with Crippen molar-refractivity contribution in [1.82, 2.24) is 29.0 Å². The van der Waals surface area contributed by atoms with Crippen molar-refractivity contribution in [1.29, 1.82) is 0 Å². The van der Waals surface area contributed by atoms with Gasteiger partial charge in [-0.05, 0) is 42.7 Å². The van der Waals surface area contributed by atoms with E-state index in [9.17, 15) is 36.7 Å². The van der Waals surface area contributed by atoms with Crippen LogP contribution in [-0.2, 0) is 33.5 Å². The van der Waals surface area contributed by atoms with E-state index in [1.54, 1.807) is 22.8 Å². The number of rotatable bonds is 8. The van der Waals surface area contributed by atoms with Gasteiger partial charge in [0.2, 0.25) is 17.6 Å². The third kappa shape index (κ3) is 7.08. The van der Waals surface area contributed by atoms with E-state index in [0.717, 1.165) is 16.2 Å². The lowest BCUT2D eigenvalue weighted by Gasteiger charge is -2.36. The maximum atomic E-state index is 14.6. The number of aromatic amines is 1. The average molecular weight is 697 g/mol. The molecular formula is C33H32F4N8O5. The monoisotopic (exact) mass is 696 g/mol. The van der Waals surface area contributed by atoms with Crippen molar-refractivity contribution in [2.24, 2.45) is 0 Å². The number of piperazine rings is 1. The minimum absolute atomic E-state index is 0.0517. The SMILES string of the molecule is CCc1c(N2CCN(C(=O)/C=C/c3c[nH]ccc3=O)CC2)c(=O)n2nc(C3=CCOCC3)nc2n1CC(=O)Nc1ccc(C(F)(F)F)cc1F. The van der Waals surface area contributed by atoms with E-state index in [4.69, 9.17) is 4.74 Å². The van der Waals surface area contributed by atoms with Crippen LogP contribution in [0, 0.1) is 5.82 Å². The van der Waals surface area contributed by atoms with Crippen LogP contribution in [0.5, 0.6) is 0 Å². The predicted octanol–water partition coefficient (Wildman–Crippen LogP) is 3.10. The number of fused-ring (bicyclic) bond motifs is 1. The zero-order chi connectivity index (χ0) is 35.6. The van der Waals surface area contributed by atoms with E-state index in [1.165, 1.54) is 35.2 Å². The Hall–Kier alpha value is -5.58. The molecule has 262 valence electrons. The Morgan fingerprint density at radius 3 is 2.56 bits per heavy atom. The molecule has 0 bridgehead atoms. The Bertz CT molecular complexity index is 2130. The highest BCUT2D eigenvalue weighted by Gasteiger charge is 2.32. The van der Waals surface area contributed by atoms with Gasteiger partial charge in [-0.15, -0.1) is 5.10 Å². The number of carbonyl (C=O) groups excluding carboxylic acids is 2. The summed E-state index contributed by atoms with van der Waals surface area (Å²) in [4.78, 5) is 63.2. The normalized spacial score (nSPS) is 15.5. The first-order valence-electron chi connectivity index (χ1n) is 15.8. The summed E-state index contributed by atoms with van der Waals surface area (Å²) in [6.07, 6.45) is 3.53. The Balaban J connectivity index is 1.31. The van der Waals surface area contributed by atoms with Crippen molar-refractivity contribution < 1.29 is 31.9 Å². The van der Waals surface area contributed by atoms with Gasteiger partial charge in [0.25, 0.3) is 5.56 Å². The van der Waals surface area contributed by atoms with Crippen LogP contribution in [0.2, 0.25) is 0 Å². The lowest BCUT2D eigenvalue weighted by molar-refractivity contribution is -0.137. The molecule has 2 aliphatic heterocycles. The van der Waals surface area contributed by atoms with Crippen molar-refractivity contribution in [3.05, 3.63) is 97.9 Å². The van der Waals surface area contributed by atoms with Crippen LogP contribution in [0.25, 0.3) is 17.4 Å². The largest absolute Gasteiger partial charge is 0.416 e. The number of amides is 2. The van der Waals surface area contributed by atoms with Crippen LogP contribution in [0.4, 0.5) is 28.9 Å². The Kier molecular flexibility index (Phi) is 9.67. The van der Waals surface area contributed by atoms with Crippen molar-refractivity contribution >= 4 is 40.6 Å². The number of anilines is 2. The number of H-pyrrole nitrogens is 1. The zero-order valence-electron chi connectivity index (χ0n) is 26.8. The summed E-state index contributed by atoms with van der Waals surface area (Å²) in [5.74, 6) is -2.02. The molecule has 0 unspecified atom stereocenters. The molecule has 50 heavy (non-hydrogen) atoms. The first kappa shape index (κ1) is 34.3. The number of halogens is 4. The van der Waals surface area contributed by atoms with E-state index in [1.807, 2.05) is 0 Å². The first-order valence-corrected chi connectivity index (χ1v) is 15.8. The number of pyridine rings is 1. The molecular weight excluding hydrogens is 664 g/mol. The van der Waals surface area contributed by atoms with E-state index >= 15 is 0 Å². The molecule has 0 spiro atoms. The Morgan fingerprint density at radius 1 is 1.12 bits per heavy atom. The molecule has 0 saturated carbocycles. The van der Waals surface area contributed by atoms with Gasteiger partial charge in [0, 0.05) is 56.3 Å². The number of nitrogens with zero attached hydrogens (tertiary/aromatic N) is 6. The molecule has 0 aliphatic carbocycles. The van der Waals surface area contributed by atoms with Crippen LogP contribution >= 0.6 is 0 Å². The second kappa shape index (κ2) is 14.1. The molecule has 0 atom stereocenters. The summed E-state index contributed by atoms with van der Waals surface area (Å²) in [6, 6.07) is 3.16. The van der Waals surface area contributed by atoms with E-state index in [-0.39, 0.29) is 61.2 Å². The third-order valence-electron chi connectivity index (χ3n) is 8.45. The van der Waals surface area contributed by atoms with Crippen molar-refractivity contribution in [2.45, 2.75) is 32.5 Å². The summed E-state index contributed by atoms with van der Waals surface area (Å²) < 4.78 is 61.8. The molecule has 3 aromatic heterocycles. The molecule has 17 heteroatoms. The minimum Gasteiger partial charge on any atom is -0.377 e. The lowest BCUT2D eigenvalue weighted by Crippen LogP contribution is -2.50. The van der Waals surface area contributed by atoms with Crippen LogP contribution < -0.4 is 21.2 Å². The summed E-state index contributed by atoms with van der Waals surface area (Å²) in [5.41, 5.74) is -0.627. The molecule has 2 N–H and O–H groups in total. The smallest absolute Gasteiger partial charge is 0.377 e. The summed E-state index contributed by atoms with van der Waals surface area (Å²) in [6.45, 7) is 3.09. The zero-order valence-corrected chi connectivity index (χ0v) is 26.8. The van der Waals surface area contributed by atoms with Crippen LogP contribution in [0.3, 0.4) is 0 Å². The van der Waals surface area contributed by atoms with Crippen LogP contribution in [0.15, 0.2) is 58.4 Å². The summed E-state index contributed by atoms with van der Waals surface area (Å²) in [5, 5.41) is 6.82. The van der Waals surface area contributed by atoms with Crippen LogP contribution in [0.1, 0.15) is 36.0 Å². The summed E-state index contributed by atoms with van der Waals surface area (Å²) >= 11 is 0. The highest BCUT2D eigenvalue weighted by atomic mass is 19.4. The number of hydrogen-bond acceptors (Lipinski definition) is 8. The van der Waals surface area contributed by atoms with E-state index < -0.39 is 41.3 Å². The summed E-state index contributed by atoms with van der Waals surface area (Å²) in [7, 11) is 0. The predicted molar refractivity (Wildman–Crippen MR) is 175 cm³/mol. The van der Waals surface area contributed by atoms with Crippen LogP contribution in [-0.4, -0.2) is 80.3 Å². The van der Waals surface area contributed by atoms with Gasteiger partial charge in [0.15, 0.2) is 11.3 Å². The van der Waals surface area contributed by atoms with E-state index in [0.29, 0.717) is 43.0 Å². The topological polar surface area (TPSA) is 147 Å². The highest BCUT2D eigenvalue weighted by Crippen LogP contribution is 2.31. The molecule has 2 aliphatic rings. The van der Waals surface area contributed by atoms with Gasteiger partial charge < -0.3 is 29.4 Å². The lowest BCUT2D eigenvalue weighted by atomic mass is 10.1. The number of alkyl halides is 3. The number of hydrogen-bond donors (Lipinski definition) is 2. The molecule has 5 heterocycles. The fourth-order valence-electron chi connectivity index (χ4n) is 5.90. The Labute approximate surface area is 281 Å². The quantitative estimate of drug-likeness (QED) is 0.211. The van der Waals surface area contributed by atoms with Gasteiger partial charge in [-0.1, -0.05) is 13.0 Å². The van der Waals surface area contributed by atoms with Gasteiger partial charge in [-0.2, -0.15) is 22.7 Å². The number of benzene rings is 1. The third-order valence-corrected chi connectivity index (χ3v) is 8.45. The molecule has 4 aromatic rings.